The third-order valence-electron chi connectivity index (χ3n) is 7.29. The lowest BCUT2D eigenvalue weighted by Gasteiger charge is -2.45. The second-order valence-electron chi connectivity index (χ2n) is 9.16. The summed E-state index contributed by atoms with van der Waals surface area (Å²) in [5.41, 5.74) is 5.23. The first-order valence-corrected chi connectivity index (χ1v) is 12.1. The van der Waals surface area contributed by atoms with E-state index in [0.717, 1.165) is 27.3 Å². The van der Waals surface area contributed by atoms with Crippen LogP contribution in [0, 0.1) is 11.8 Å². The zero-order chi connectivity index (χ0) is 24.8. The number of ether oxygens (including phenoxy) is 2. The van der Waals surface area contributed by atoms with Crippen molar-refractivity contribution in [2.75, 3.05) is 13.2 Å². The van der Waals surface area contributed by atoms with Crippen molar-refractivity contribution >= 4 is 24.0 Å². The van der Waals surface area contributed by atoms with Crippen molar-refractivity contribution in [3.05, 3.63) is 101 Å². The molecule has 0 N–H and O–H groups in total. The maximum Gasteiger partial charge on any atom is 0.344 e. The minimum absolute atomic E-state index is 0.153. The summed E-state index contributed by atoms with van der Waals surface area (Å²) in [4.78, 5) is 38.6. The quantitative estimate of drug-likeness (QED) is 0.304. The molecule has 0 aromatic heterocycles. The van der Waals surface area contributed by atoms with E-state index in [0.29, 0.717) is 17.9 Å². The van der Waals surface area contributed by atoms with Crippen molar-refractivity contribution in [1.82, 2.24) is 5.01 Å². The van der Waals surface area contributed by atoms with Gasteiger partial charge in [0.05, 0.1) is 24.7 Å². The van der Waals surface area contributed by atoms with Gasteiger partial charge in [-0.2, -0.15) is 10.1 Å². The highest BCUT2D eigenvalue weighted by molar-refractivity contribution is 6.08. The van der Waals surface area contributed by atoms with Crippen LogP contribution in [0.5, 0.6) is 5.75 Å². The molecule has 1 heterocycles. The molecule has 7 heteroatoms. The number of nitrogens with zero attached hydrogens (tertiary/aromatic N) is 2. The summed E-state index contributed by atoms with van der Waals surface area (Å²) in [5, 5.41) is 5.38. The number of carbonyl (C=O) groups is 3. The van der Waals surface area contributed by atoms with Crippen LogP contribution in [0.15, 0.2) is 77.9 Å². The Morgan fingerprint density at radius 3 is 1.81 bits per heavy atom. The van der Waals surface area contributed by atoms with Gasteiger partial charge in [0.2, 0.25) is 0 Å². The predicted molar refractivity (Wildman–Crippen MR) is 132 cm³/mol. The molecule has 180 valence electrons. The Balaban J connectivity index is 1.25. The fourth-order valence-electron chi connectivity index (χ4n) is 5.89. The molecule has 0 unspecified atom stereocenters. The van der Waals surface area contributed by atoms with Crippen LogP contribution in [0.3, 0.4) is 0 Å². The first kappa shape index (κ1) is 22.2. The lowest BCUT2D eigenvalue weighted by Crippen LogP contribution is -2.41. The highest BCUT2D eigenvalue weighted by Crippen LogP contribution is 2.60. The monoisotopic (exact) mass is 480 g/mol. The Labute approximate surface area is 208 Å². The molecule has 2 atom stereocenters. The van der Waals surface area contributed by atoms with Crippen LogP contribution in [-0.4, -0.2) is 42.2 Å². The SMILES string of the molecule is CCOC(=O)COc1ccc(/C=N\N2C(=O)[C@H]3C4c5ccccc5C(c5ccccc54)[C@@H]3C2=O)cc1. The Kier molecular flexibility index (Phi) is 5.40. The normalized spacial score (nSPS) is 23.4. The molecule has 3 aromatic rings. The molecule has 0 radical (unpaired) electrons. The number of benzene rings is 3. The zero-order valence-corrected chi connectivity index (χ0v) is 19.7. The fourth-order valence-corrected chi connectivity index (χ4v) is 5.89. The van der Waals surface area contributed by atoms with E-state index in [2.05, 4.69) is 29.4 Å². The lowest BCUT2D eigenvalue weighted by atomic mass is 9.55. The van der Waals surface area contributed by atoms with Gasteiger partial charge in [-0.15, -0.1) is 0 Å². The van der Waals surface area contributed by atoms with Gasteiger partial charge in [0.15, 0.2) is 6.61 Å². The third-order valence-corrected chi connectivity index (χ3v) is 7.29. The van der Waals surface area contributed by atoms with Crippen molar-refractivity contribution in [3.8, 4) is 5.75 Å². The largest absolute Gasteiger partial charge is 0.482 e. The molecule has 3 aliphatic carbocycles. The van der Waals surface area contributed by atoms with Crippen LogP contribution in [-0.2, 0) is 19.1 Å². The van der Waals surface area contributed by atoms with Crippen LogP contribution in [0.25, 0.3) is 0 Å². The van der Waals surface area contributed by atoms with Gasteiger partial charge in [0, 0.05) is 11.8 Å². The van der Waals surface area contributed by atoms with E-state index in [1.807, 2.05) is 24.3 Å². The van der Waals surface area contributed by atoms with Crippen LogP contribution >= 0.6 is 0 Å². The fraction of sp³-hybridized carbons (Fsp3) is 0.241. The van der Waals surface area contributed by atoms with Crippen LogP contribution in [0.1, 0.15) is 46.6 Å². The molecule has 4 aliphatic rings. The van der Waals surface area contributed by atoms with E-state index >= 15 is 0 Å². The molecule has 2 amide bonds. The number of amides is 2. The van der Waals surface area contributed by atoms with Crippen LogP contribution in [0.2, 0.25) is 0 Å². The number of rotatable bonds is 6. The van der Waals surface area contributed by atoms with Gasteiger partial charge >= 0.3 is 5.97 Å². The van der Waals surface area contributed by atoms with E-state index < -0.39 is 17.8 Å². The first-order valence-electron chi connectivity index (χ1n) is 12.1. The summed E-state index contributed by atoms with van der Waals surface area (Å²) >= 11 is 0. The highest BCUT2D eigenvalue weighted by Gasteiger charge is 2.61. The number of esters is 1. The maximum absolute atomic E-state index is 13.6. The molecule has 36 heavy (non-hydrogen) atoms. The molecule has 1 aliphatic heterocycles. The molecular formula is C29H24N2O5. The van der Waals surface area contributed by atoms with Crippen LogP contribution < -0.4 is 4.74 Å². The van der Waals surface area contributed by atoms with Gasteiger partial charge in [-0.25, -0.2) is 4.79 Å². The minimum Gasteiger partial charge on any atom is -0.482 e. The van der Waals surface area contributed by atoms with Gasteiger partial charge < -0.3 is 9.47 Å². The van der Waals surface area contributed by atoms with Crippen molar-refractivity contribution < 1.29 is 23.9 Å². The van der Waals surface area contributed by atoms with Crippen molar-refractivity contribution in [2.24, 2.45) is 16.9 Å². The molecular weight excluding hydrogens is 456 g/mol. The Morgan fingerprint density at radius 2 is 1.33 bits per heavy atom. The van der Waals surface area contributed by atoms with E-state index in [4.69, 9.17) is 9.47 Å². The Hall–Kier alpha value is -4.26. The van der Waals surface area contributed by atoms with Gasteiger partial charge in [-0.3, -0.25) is 9.59 Å². The molecule has 1 saturated heterocycles. The maximum atomic E-state index is 13.6. The first-order chi connectivity index (χ1) is 17.6. The molecule has 7 rings (SSSR count). The summed E-state index contributed by atoms with van der Waals surface area (Å²) in [5.74, 6) is -1.66. The standard InChI is InChI=1S/C29H24N2O5/c1-2-35-23(32)16-36-18-13-11-17(12-14-18)15-30-31-28(33)26-24-19-7-3-4-8-20(19)25(27(26)29(31)34)22-10-6-5-9-21(22)24/h3-15,24-27H,2,16H2,1H3/b30-15-/t24?,25?,26-,27-/m0/s1. The van der Waals surface area contributed by atoms with Gasteiger partial charge in [0.1, 0.15) is 5.75 Å². The topological polar surface area (TPSA) is 85.3 Å². The number of hydrazone groups is 1. The minimum atomic E-state index is -0.455. The number of carbonyl (C=O) groups excluding carboxylic acids is 3. The summed E-state index contributed by atoms with van der Waals surface area (Å²) in [6, 6.07) is 23.2. The van der Waals surface area contributed by atoms with E-state index in [1.54, 1.807) is 31.2 Å². The average Bonchev–Trinajstić information content (AvgIpc) is 3.17. The van der Waals surface area contributed by atoms with Crippen LogP contribution in [0.4, 0.5) is 0 Å². The highest BCUT2D eigenvalue weighted by atomic mass is 16.6. The smallest absolute Gasteiger partial charge is 0.344 e. The molecule has 0 saturated carbocycles. The second kappa shape index (κ2) is 8.75. The molecule has 1 fully saturated rings. The average molecular weight is 481 g/mol. The van der Waals surface area contributed by atoms with Gasteiger partial charge in [0.25, 0.3) is 11.8 Å². The van der Waals surface area contributed by atoms with Crippen molar-refractivity contribution in [3.63, 3.8) is 0 Å². The number of imide groups is 1. The molecule has 7 nitrogen and oxygen atoms in total. The van der Waals surface area contributed by atoms with E-state index in [-0.39, 0.29) is 30.3 Å². The van der Waals surface area contributed by atoms with E-state index in [9.17, 15) is 14.4 Å². The summed E-state index contributed by atoms with van der Waals surface area (Å²) in [6.45, 7) is 1.86. The molecule has 2 bridgehead atoms. The lowest BCUT2D eigenvalue weighted by molar-refractivity contribution is -0.145. The number of hydrogen-bond donors (Lipinski definition) is 0. The molecule has 0 spiro atoms. The summed E-state index contributed by atoms with van der Waals surface area (Å²) < 4.78 is 10.3. The molecule has 3 aromatic carbocycles. The Morgan fingerprint density at radius 1 is 0.833 bits per heavy atom. The third kappa shape index (κ3) is 3.42. The van der Waals surface area contributed by atoms with Gasteiger partial charge in [-0.1, -0.05) is 48.5 Å². The Bertz CT molecular complexity index is 1280. The van der Waals surface area contributed by atoms with Crippen molar-refractivity contribution in [2.45, 2.75) is 18.8 Å². The zero-order valence-electron chi connectivity index (χ0n) is 19.7. The summed E-state index contributed by atoms with van der Waals surface area (Å²) in [7, 11) is 0. The summed E-state index contributed by atoms with van der Waals surface area (Å²) in [6.07, 6.45) is 1.50. The van der Waals surface area contributed by atoms with E-state index in [1.165, 1.54) is 6.21 Å². The predicted octanol–water partition coefficient (Wildman–Crippen LogP) is 3.85. The number of hydrogen-bond acceptors (Lipinski definition) is 6. The van der Waals surface area contributed by atoms with Crippen molar-refractivity contribution in [1.29, 1.82) is 0 Å². The second-order valence-corrected chi connectivity index (χ2v) is 9.16. The van der Waals surface area contributed by atoms with Gasteiger partial charge in [-0.05, 0) is 59.0 Å².